The van der Waals surface area contributed by atoms with Crippen LogP contribution in [0.15, 0.2) is 28.1 Å². The number of alkyl halides is 1. The van der Waals surface area contributed by atoms with Gasteiger partial charge < -0.3 is 0 Å². The highest BCUT2D eigenvalue weighted by Crippen LogP contribution is 2.39. The first-order valence-corrected chi connectivity index (χ1v) is 7.11. The maximum absolute atomic E-state index is 13.1. The van der Waals surface area contributed by atoms with Crippen LogP contribution in [0, 0.1) is 17.5 Å². The van der Waals surface area contributed by atoms with Crippen LogP contribution in [0.25, 0.3) is 0 Å². The number of rotatable bonds is 2. The summed E-state index contributed by atoms with van der Waals surface area (Å²) in [7, 11) is 0. The van der Waals surface area contributed by atoms with Crippen molar-refractivity contribution in [2.75, 3.05) is 0 Å². The van der Waals surface area contributed by atoms with Crippen molar-refractivity contribution >= 4 is 43.2 Å². The van der Waals surface area contributed by atoms with Gasteiger partial charge >= 0.3 is 0 Å². The maximum Gasteiger partial charge on any atom is 0.194 e. The third kappa shape index (κ3) is 2.58. The van der Waals surface area contributed by atoms with Gasteiger partial charge in [0.05, 0.1) is 4.83 Å². The van der Waals surface area contributed by atoms with Gasteiger partial charge in [0.1, 0.15) is 0 Å². The summed E-state index contributed by atoms with van der Waals surface area (Å²) in [6, 6.07) is 3.82. The van der Waals surface area contributed by atoms with Gasteiger partial charge in [-0.25, -0.2) is 13.2 Å². The molecule has 90 valence electrons. The molecule has 0 spiro atoms. The van der Waals surface area contributed by atoms with Gasteiger partial charge in [0.15, 0.2) is 17.5 Å². The summed E-state index contributed by atoms with van der Waals surface area (Å²) in [5.74, 6) is -3.81. The van der Waals surface area contributed by atoms with Gasteiger partial charge in [-0.05, 0) is 45.1 Å². The van der Waals surface area contributed by atoms with Crippen molar-refractivity contribution in [1.29, 1.82) is 0 Å². The number of hydrogen-bond acceptors (Lipinski definition) is 1. The minimum Gasteiger partial charge on any atom is -0.204 e. The zero-order chi connectivity index (χ0) is 12.6. The molecule has 2 rings (SSSR count). The maximum atomic E-state index is 13.1. The minimum atomic E-state index is -1.45. The topological polar surface area (TPSA) is 0 Å². The second-order valence-corrected chi connectivity index (χ2v) is 6.01. The van der Waals surface area contributed by atoms with E-state index in [1.54, 1.807) is 0 Å². The van der Waals surface area contributed by atoms with Crippen LogP contribution < -0.4 is 0 Å². The summed E-state index contributed by atoms with van der Waals surface area (Å²) in [6.07, 6.45) is 0. The smallest absolute Gasteiger partial charge is 0.194 e. The lowest BCUT2D eigenvalue weighted by molar-refractivity contribution is 0.445. The number of halogens is 5. The number of hydrogen-bond donors (Lipinski definition) is 0. The van der Waals surface area contributed by atoms with Crippen LogP contribution >= 0.6 is 43.2 Å². The monoisotopic (exact) mass is 384 g/mol. The van der Waals surface area contributed by atoms with E-state index in [0.29, 0.717) is 5.56 Å². The molecule has 0 aliphatic rings. The van der Waals surface area contributed by atoms with Crippen molar-refractivity contribution in [3.63, 3.8) is 0 Å². The fourth-order valence-corrected chi connectivity index (χ4v) is 4.10. The summed E-state index contributed by atoms with van der Waals surface area (Å²) in [5.41, 5.74) is 0.338. The second kappa shape index (κ2) is 5.12. The molecule has 0 saturated heterocycles. The fourth-order valence-electron chi connectivity index (χ4n) is 1.36. The van der Waals surface area contributed by atoms with Gasteiger partial charge in [0.25, 0.3) is 0 Å². The third-order valence-electron chi connectivity index (χ3n) is 2.17. The standard InChI is InChI=1S/C11H5Br2F3S/c12-6-1-2-17-11(6)9(13)5-3-7(14)10(16)8(15)4-5/h1-4,9H. The van der Waals surface area contributed by atoms with E-state index in [4.69, 9.17) is 0 Å². The van der Waals surface area contributed by atoms with Crippen molar-refractivity contribution in [3.8, 4) is 0 Å². The molecule has 2 aromatic rings. The Balaban J connectivity index is 2.45. The molecule has 0 bridgehead atoms. The zero-order valence-corrected chi connectivity index (χ0v) is 12.2. The average molecular weight is 386 g/mol. The molecule has 6 heteroatoms. The second-order valence-electron chi connectivity index (χ2n) is 3.29. The predicted molar refractivity (Wildman–Crippen MR) is 69.1 cm³/mol. The summed E-state index contributed by atoms with van der Waals surface area (Å²) in [5, 5.41) is 1.85. The van der Waals surface area contributed by atoms with Crippen molar-refractivity contribution in [2.24, 2.45) is 0 Å². The Hall–Kier alpha value is -0.330. The SMILES string of the molecule is Fc1cc(C(Br)c2sccc2Br)cc(F)c1F. The summed E-state index contributed by atoms with van der Waals surface area (Å²) >= 11 is 8.11. The highest BCUT2D eigenvalue weighted by molar-refractivity contribution is 9.11. The lowest BCUT2D eigenvalue weighted by Gasteiger charge is -2.10. The Labute approximate surface area is 117 Å². The summed E-state index contributed by atoms with van der Waals surface area (Å²) < 4.78 is 39.9. The molecule has 1 aromatic heterocycles. The quantitative estimate of drug-likeness (QED) is 0.478. The predicted octanol–water partition coefficient (Wildman–Crippen LogP) is 5.41. The van der Waals surface area contributed by atoms with Crippen LogP contribution in [0.1, 0.15) is 15.3 Å². The molecule has 1 unspecified atom stereocenters. The van der Waals surface area contributed by atoms with Crippen LogP contribution in [0.5, 0.6) is 0 Å². The van der Waals surface area contributed by atoms with Gasteiger partial charge in [-0.15, -0.1) is 11.3 Å². The lowest BCUT2D eigenvalue weighted by atomic mass is 10.1. The number of thiophene rings is 1. The molecule has 0 N–H and O–H groups in total. The fraction of sp³-hybridized carbons (Fsp3) is 0.0909. The van der Waals surface area contributed by atoms with Crippen molar-refractivity contribution in [2.45, 2.75) is 4.83 Å². The lowest BCUT2D eigenvalue weighted by Crippen LogP contribution is -1.97. The van der Waals surface area contributed by atoms with E-state index in [1.807, 2.05) is 11.4 Å². The molecular formula is C11H5Br2F3S. The highest BCUT2D eigenvalue weighted by Gasteiger charge is 2.19. The van der Waals surface area contributed by atoms with Crippen molar-refractivity contribution in [1.82, 2.24) is 0 Å². The molecule has 0 nitrogen and oxygen atoms in total. The highest BCUT2D eigenvalue weighted by atomic mass is 79.9. The van der Waals surface area contributed by atoms with E-state index in [1.165, 1.54) is 11.3 Å². The van der Waals surface area contributed by atoms with E-state index in [0.717, 1.165) is 21.5 Å². The third-order valence-corrected chi connectivity index (χ3v) is 5.40. The van der Waals surface area contributed by atoms with E-state index >= 15 is 0 Å². The first-order valence-electron chi connectivity index (χ1n) is 4.52. The number of benzene rings is 1. The Bertz CT molecular complexity index is 530. The van der Waals surface area contributed by atoms with Crippen molar-refractivity contribution in [3.05, 3.63) is 55.9 Å². The molecule has 0 aliphatic carbocycles. The Morgan fingerprint density at radius 2 is 1.71 bits per heavy atom. The molecular weight excluding hydrogens is 381 g/mol. The van der Waals surface area contributed by atoms with E-state index in [9.17, 15) is 13.2 Å². The first-order chi connectivity index (χ1) is 8.00. The van der Waals surface area contributed by atoms with Crippen LogP contribution in [0.3, 0.4) is 0 Å². The van der Waals surface area contributed by atoms with E-state index < -0.39 is 17.5 Å². The molecule has 0 radical (unpaired) electrons. The molecule has 0 amide bonds. The zero-order valence-electron chi connectivity index (χ0n) is 8.18. The van der Waals surface area contributed by atoms with Crippen molar-refractivity contribution < 1.29 is 13.2 Å². The van der Waals surface area contributed by atoms with Gasteiger partial charge in [-0.1, -0.05) is 15.9 Å². The van der Waals surface area contributed by atoms with Crippen LogP contribution in [-0.4, -0.2) is 0 Å². The molecule has 0 aliphatic heterocycles. The molecule has 0 saturated carbocycles. The molecule has 1 atom stereocenters. The largest absolute Gasteiger partial charge is 0.204 e. The Morgan fingerprint density at radius 3 is 2.18 bits per heavy atom. The Morgan fingerprint density at radius 1 is 1.12 bits per heavy atom. The van der Waals surface area contributed by atoms with Gasteiger partial charge in [-0.3, -0.25) is 0 Å². The average Bonchev–Trinajstić information content (AvgIpc) is 2.70. The van der Waals surface area contributed by atoms with Crippen LogP contribution in [0.2, 0.25) is 0 Å². The van der Waals surface area contributed by atoms with Gasteiger partial charge in [0.2, 0.25) is 0 Å². The van der Waals surface area contributed by atoms with E-state index in [2.05, 4.69) is 31.9 Å². The normalized spacial score (nSPS) is 12.8. The molecule has 1 aromatic carbocycles. The van der Waals surface area contributed by atoms with Gasteiger partial charge in [0, 0.05) is 9.35 Å². The van der Waals surface area contributed by atoms with E-state index in [-0.39, 0.29) is 4.83 Å². The first kappa shape index (κ1) is 13.1. The van der Waals surface area contributed by atoms with Crippen LogP contribution in [-0.2, 0) is 0 Å². The molecule has 17 heavy (non-hydrogen) atoms. The molecule has 0 fully saturated rings. The Kier molecular flexibility index (Phi) is 3.95. The van der Waals surface area contributed by atoms with Gasteiger partial charge in [-0.2, -0.15) is 0 Å². The summed E-state index contributed by atoms with van der Waals surface area (Å²) in [6.45, 7) is 0. The minimum absolute atomic E-state index is 0.338. The molecule has 1 heterocycles. The van der Waals surface area contributed by atoms with Crippen LogP contribution in [0.4, 0.5) is 13.2 Å². The summed E-state index contributed by atoms with van der Waals surface area (Å²) in [4.78, 5) is 0.497.